The molecule has 0 radical (unpaired) electrons. The third kappa shape index (κ3) is 3.65. The summed E-state index contributed by atoms with van der Waals surface area (Å²) in [6.07, 6.45) is -1.58. The molecule has 1 aliphatic heterocycles. The van der Waals surface area contributed by atoms with Crippen molar-refractivity contribution in [2.45, 2.75) is 32.3 Å². The summed E-state index contributed by atoms with van der Waals surface area (Å²) in [5, 5.41) is 0. The molecular formula is C6H14N2O6S. The molecule has 2 atom stereocenters. The van der Waals surface area contributed by atoms with E-state index in [0.29, 0.717) is 0 Å². The van der Waals surface area contributed by atoms with Crippen LogP contribution in [0.15, 0.2) is 0 Å². The van der Waals surface area contributed by atoms with Crippen LogP contribution in [-0.2, 0) is 28.2 Å². The molecule has 90 valence electrons. The van der Waals surface area contributed by atoms with Crippen molar-refractivity contribution in [3.05, 3.63) is 0 Å². The molecule has 1 heterocycles. The minimum Gasteiger partial charge on any atom is -0.306 e. The van der Waals surface area contributed by atoms with E-state index in [1.807, 2.05) is 0 Å². The molecule has 0 bridgehead atoms. The van der Waals surface area contributed by atoms with Gasteiger partial charge in [-0.2, -0.15) is 12.6 Å². The van der Waals surface area contributed by atoms with Gasteiger partial charge in [0.1, 0.15) is 12.5 Å². The maximum Gasteiger partial charge on any atom is 0.404 e. The fourth-order valence-electron chi connectivity index (χ4n) is 1.05. The van der Waals surface area contributed by atoms with E-state index in [4.69, 9.17) is 20.9 Å². The normalized spacial score (nSPS) is 33.9. The Bertz CT molecular complexity index is 304. The summed E-state index contributed by atoms with van der Waals surface area (Å²) in [6, 6.07) is 0. The van der Waals surface area contributed by atoms with Crippen LogP contribution in [0.2, 0.25) is 0 Å². The molecule has 1 saturated heterocycles. The molecular weight excluding hydrogens is 228 g/mol. The number of nitrogens with two attached hydrogens (primary N) is 2. The number of rotatable bonds is 4. The highest BCUT2D eigenvalue weighted by atomic mass is 32.3. The van der Waals surface area contributed by atoms with Crippen molar-refractivity contribution in [1.82, 2.24) is 0 Å². The lowest BCUT2D eigenvalue weighted by molar-refractivity contribution is -0.359. The second-order valence-corrected chi connectivity index (χ2v) is 4.30. The van der Waals surface area contributed by atoms with Crippen molar-refractivity contribution >= 4 is 10.4 Å². The Morgan fingerprint density at radius 1 is 1.27 bits per heavy atom. The fraction of sp³-hybridized carbons (Fsp3) is 1.00. The van der Waals surface area contributed by atoms with Gasteiger partial charge in [-0.25, -0.2) is 4.18 Å². The van der Waals surface area contributed by atoms with Gasteiger partial charge >= 0.3 is 16.4 Å². The molecule has 0 aliphatic carbocycles. The van der Waals surface area contributed by atoms with E-state index in [0.717, 1.165) is 0 Å². The van der Waals surface area contributed by atoms with Crippen LogP contribution in [0, 0.1) is 0 Å². The minimum atomic E-state index is -4.11. The molecule has 9 heteroatoms. The standard InChI is InChI=1S/C6H14N2O6S/c1-4(7)12-6(13-5(2)8)3-11-15(9,10)14-6/h4-5H,3,7-8H2,1-2H3. The topological polar surface area (TPSA) is 123 Å². The first-order valence-corrected chi connectivity index (χ1v) is 5.55. The van der Waals surface area contributed by atoms with Crippen LogP contribution < -0.4 is 11.5 Å². The van der Waals surface area contributed by atoms with Gasteiger partial charge in [0.2, 0.25) is 0 Å². The van der Waals surface area contributed by atoms with E-state index >= 15 is 0 Å². The average Bonchev–Trinajstić information content (AvgIpc) is 2.22. The van der Waals surface area contributed by atoms with Gasteiger partial charge in [0.15, 0.2) is 6.61 Å². The summed E-state index contributed by atoms with van der Waals surface area (Å²) in [5.74, 6) is -1.89. The molecule has 1 fully saturated rings. The largest absolute Gasteiger partial charge is 0.404 e. The summed E-state index contributed by atoms with van der Waals surface area (Å²) >= 11 is 0. The van der Waals surface area contributed by atoms with Crippen LogP contribution >= 0.6 is 0 Å². The van der Waals surface area contributed by atoms with E-state index in [1.54, 1.807) is 0 Å². The van der Waals surface area contributed by atoms with E-state index in [-0.39, 0.29) is 0 Å². The summed E-state index contributed by atoms with van der Waals surface area (Å²) in [7, 11) is -4.11. The lowest BCUT2D eigenvalue weighted by Gasteiger charge is -2.28. The Morgan fingerprint density at radius 3 is 2.00 bits per heavy atom. The number of hydrogen-bond acceptors (Lipinski definition) is 8. The number of hydrogen-bond donors (Lipinski definition) is 2. The third-order valence-electron chi connectivity index (χ3n) is 1.34. The maximum absolute atomic E-state index is 10.9. The van der Waals surface area contributed by atoms with E-state index < -0.39 is 35.4 Å². The van der Waals surface area contributed by atoms with Crippen molar-refractivity contribution in [2.24, 2.45) is 11.5 Å². The van der Waals surface area contributed by atoms with Crippen LogP contribution in [0.1, 0.15) is 13.8 Å². The molecule has 0 spiro atoms. The lowest BCUT2D eigenvalue weighted by atomic mass is 10.5. The van der Waals surface area contributed by atoms with Gasteiger partial charge in [-0.05, 0) is 13.8 Å². The van der Waals surface area contributed by atoms with Crippen LogP contribution in [0.25, 0.3) is 0 Å². The zero-order valence-corrected chi connectivity index (χ0v) is 9.19. The summed E-state index contributed by atoms with van der Waals surface area (Å²) in [4.78, 5) is 0. The van der Waals surface area contributed by atoms with Crippen molar-refractivity contribution < 1.29 is 26.3 Å². The van der Waals surface area contributed by atoms with Gasteiger partial charge in [-0.1, -0.05) is 0 Å². The summed E-state index contributed by atoms with van der Waals surface area (Å²) < 4.78 is 40.7. The van der Waals surface area contributed by atoms with Crippen LogP contribution in [0.4, 0.5) is 0 Å². The summed E-state index contributed by atoms with van der Waals surface area (Å²) in [6.45, 7) is 2.53. The monoisotopic (exact) mass is 242 g/mol. The Labute approximate surface area is 87.7 Å². The second kappa shape index (κ2) is 4.29. The lowest BCUT2D eigenvalue weighted by Crippen LogP contribution is -2.47. The smallest absolute Gasteiger partial charge is 0.306 e. The van der Waals surface area contributed by atoms with Gasteiger partial charge < -0.3 is 20.9 Å². The van der Waals surface area contributed by atoms with Gasteiger partial charge in [-0.15, -0.1) is 0 Å². The molecule has 0 amide bonds. The predicted molar refractivity (Wildman–Crippen MR) is 48.2 cm³/mol. The first-order chi connectivity index (χ1) is 6.75. The minimum absolute atomic E-state index is 0.446. The zero-order chi connectivity index (χ0) is 11.7. The number of ether oxygens (including phenoxy) is 2. The molecule has 1 rings (SSSR count). The average molecular weight is 242 g/mol. The summed E-state index contributed by atoms with van der Waals surface area (Å²) in [5.41, 5.74) is 10.7. The first-order valence-electron chi connectivity index (χ1n) is 4.21. The SMILES string of the molecule is CC(N)OC1(OC(C)N)COS(=O)(=O)O1. The van der Waals surface area contributed by atoms with Crippen LogP contribution in [0.3, 0.4) is 0 Å². The molecule has 15 heavy (non-hydrogen) atoms. The maximum atomic E-state index is 10.9. The first kappa shape index (κ1) is 12.8. The van der Waals surface area contributed by atoms with Gasteiger partial charge in [0, 0.05) is 0 Å². The molecule has 0 aromatic rings. The van der Waals surface area contributed by atoms with Crippen molar-refractivity contribution in [3.63, 3.8) is 0 Å². The molecule has 4 N–H and O–H groups in total. The highest BCUT2D eigenvalue weighted by Gasteiger charge is 2.49. The van der Waals surface area contributed by atoms with Crippen molar-refractivity contribution in [1.29, 1.82) is 0 Å². The molecule has 0 aromatic heterocycles. The predicted octanol–water partition coefficient (Wildman–Crippen LogP) is -1.43. The van der Waals surface area contributed by atoms with E-state index in [9.17, 15) is 8.42 Å². The molecule has 8 nitrogen and oxygen atoms in total. The Hall–Kier alpha value is -0.290. The molecule has 2 unspecified atom stereocenters. The second-order valence-electron chi connectivity index (χ2n) is 3.08. The third-order valence-corrected chi connectivity index (χ3v) is 2.20. The van der Waals surface area contributed by atoms with E-state index in [2.05, 4.69) is 8.37 Å². The zero-order valence-electron chi connectivity index (χ0n) is 8.37. The van der Waals surface area contributed by atoms with Crippen LogP contribution in [0.5, 0.6) is 0 Å². The Kier molecular flexibility index (Phi) is 3.66. The van der Waals surface area contributed by atoms with Gasteiger partial charge in [0.05, 0.1) is 0 Å². The van der Waals surface area contributed by atoms with E-state index in [1.165, 1.54) is 13.8 Å². The Morgan fingerprint density at radius 2 is 1.73 bits per heavy atom. The molecule has 0 aromatic carbocycles. The highest BCUT2D eigenvalue weighted by Crippen LogP contribution is 2.28. The highest BCUT2D eigenvalue weighted by molar-refractivity contribution is 7.82. The van der Waals surface area contributed by atoms with Crippen LogP contribution in [-0.4, -0.2) is 33.5 Å². The van der Waals surface area contributed by atoms with Crippen molar-refractivity contribution in [3.8, 4) is 0 Å². The fourth-order valence-corrected chi connectivity index (χ4v) is 1.82. The quantitative estimate of drug-likeness (QED) is 0.575. The Balaban J connectivity index is 2.79. The van der Waals surface area contributed by atoms with Crippen molar-refractivity contribution in [2.75, 3.05) is 6.61 Å². The molecule has 1 aliphatic rings. The van der Waals surface area contributed by atoms with Gasteiger partial charge in [0.25, 0.3) is 0 Å². The molecule has 0 saturated carbocycles. The van der Waals surface area contributed by atoms with Gasteiger partial charge in [-0.3, -0.25) is 0 Å².